The first-order chi connectivity index (χ1) is 12.5. The van der Waals surface area contributed by atoms with Gasteiger partial charge in [0.25, 0.3) is 5.91 Å². The molecule has 1 heterocycles. The molecule has 144 valence electrons. The van der Waals surface area contributed by atoms with Crippen molar-refractivity contribution in [3.05, 3.63) is 35.9 Å². The van der Waals surface area contributed by atoms with Crippen LogP contribution in [0.1, 0.15) is 44.8 Å². The molecule has 1 fully saturated rings. The van der Waals surface area contributed by atoms with Crippen LogP contribution in [0.2, 0.25) is 0 Å². The number of benzene rings is 1. The summed E-state index contributed by atoms with van der Waals surface area (Å²) in [6.07, 6.45) is 1.82. The fourth-order valence-corrected chi connectivity index (χ4v) is 2.93. The number of carbonyl (C=O) groups is 2. The summed E-state index contributed by atoms with van der Waals surface area (Å²) >= 11 is 0. The molecule has 0 bridgehead atoms. The lowest BCUT2D eigenvalue weighted by atomic mass is 10.0. The normalized spacial score (nSPS) is 19.8. The van der Waals surface area contributed by atoms with E-state index in [0.717, 1.165) is 24.9 Å². The van der Waals surface area contributed by atoms with E-state index in [1.165, 1.54) is 0 Å². The number of epoxide rings is 1. The standard InChI is InChI=1S/C20H31N3O3/c1-14(2)13-16(19(24)22-12-8-7-11-21-3)23-20(25)18-17(26-18)15-9-5-4-6-10-15/h4-6,9-10,14,16-18,21H,7-8,11-13H2,1-3H3,(H,22,24)(H,23,25). The van der Waals surface area contributed by atoms with E-state index < -0.39 is 12.1 Å². The Bertz CT molecular complexity index is 577. The predicted molar refractivity (Wildman–Crippen MR) is 102 cm³/mol. The van der Waals surface area contributed by atoms with Gasteiger partial charge in [-0.1, -0.05) is 44.2 Å². The average Bonchev–Trinajstić information content (AvgIpc) is 3.42. The van der Waals surface area contributed by atoms with Gasteiger partial charge in [0.1, 0.15) is 12.1 Å². The van der Waals surface area contributed by atoms with E-state index in [1.807, 2.05) is 51.2 Å². The van der Waals surface area contributed by atoms with Crippen LogP contribution in [-0.4, -0.2) is 44.1 Å². The fourth-order valence-electron chi connectivity index (χ4n) is 2.93. The second kappa shape index (κ2) is 10.3. The Labute approximate surface area is 156 Å². The minimum atomic E-state index is -0.521. The van der Waals surface area contributed by atoms with Crippen LogP contribution in [0.15, 0.2) is 30.3 Å². The first kappa shape index (κ1) is 20.4. The minimum Gasteiger partial charge on any atom is -0.354 e. The molecule has 3 N–H and O–H groups in total. The first-order valence-corrected chi connectivity index (χ1v) is 9.46. The first-order valence-electron chi connectivity index (χ1n) is 9.46. The predicted octanol–water partition coefficient (Wildman–Crippen LogP) is 1.77. The molecule has 0 aromatic heterocycles. The third-order valence-corrected chi connectivity index (χ3v) is 4.37. The number of amides is 2. The molecule has 0 spiro atoms. The lowest BCUT2D eigenvalue weighted by Gasteiger charge is -2.20. The quantitative estimate of drug-likeness (QED) is 0.414. The Kier molecular flexibility index (Phi) is 8.06. The molecular weight excluding hydrogens is 330 g/mol. The van der Waals surface area contributed by atoms with Gasteiger partial charge in [0, 0.05) is 6.54 Å². The summed E-state index contributed by atoms with van der Waals surface area (Å²) in [6, 6.07) is 9.15. The largest absolute Gasteiger partial charge is 0.354 e. The number of nitrogens with one attached hydrogen (secondary N) is 3. The maximum absolute atomic E-state index is 12.5. The van der Waals surface area contributed by atoms with Crippen LogP contribution in [-0.2, 0) is 14.3 Å². The highest BCUT2D eigenvalue weighted by atomic mass is 16.6. The molecule has 26 heavy (non-hydrogen) atoms. The Hall–Kier alpha value is -1.92. The SMILES string of the molecule is CNCCCCNC(=O)C(CC(C)C)NC(=O)C1OC1c1ccccc1. The Balaban J connectivity index is 1.83. The maximum atomic E-state index is 12.5. The zero-order chi connectivity index (χ0) is 18.9. The van der Waals surface area contributed by atoms with Crippen molar-refractivity contribution in [3.8, 4) is 0 Å². The molecule has 1 aromatic rings. The van der Waals surface area contributed by atoms with Gasteiger partial charge in [0.15, 0.2) is 6.10 Å². The van der Waals surface area contributed by atoms with Crippen molar-refractivity contribution in [1.29, 1.82) is 0 Å². The Morgan fingerprint density at radius 1 is 1.12 bits per heavy atom. The van der Waals surface area contributed by atoms with E-state index >= 15 is 0 Å². The molecule has 0 aliphatic carbocycles. The van der Waals surface area contributed by atoms with Crippen LogP contribution >= 0.6 is 0 Å². The lowest BCUT2D eigenvalue weighted by molar-refractivity contribution is -0.130. The van der Waals surface area contributed by atoms with Gasteiger partial charge < -0.3 is 20.7 Å². The van der Waals surface area contributed by atoms with Crippen molar-refractivity contribution >= 4 is 11.8 Å². The third-order valence-electron chi connectivity index (χ3n) is 4.37. The van der Waals surface area contributed by atoms with E-state index in [9.17, 15) is 9.59 Å². The molecular formula is C20H31N3O3. The molecule has 2 rings (SSSR count). The number of hydrogen-bond donors (Lipinski definition) is 3. The molecule has 3 unspecified atom stereocenters. The van der Waals surface area contributed by atoms with Gasteiger partial charge in [0.05, 0.1) is 0 Å². The molecule has 1 saturated heterocycles. The van der Waals surface area contributed by atoms with Crippen LogP contribution < -0.4 is 16.0 Å². The van der Waals surface area contributed by atoms with Crippen molar-refractivity contribution in [2.45, 2.75) is 51.4 Å². The summed E-state index contributed by atoms with van der Waals surface area (Å²) in [5, 5.41) is 8.89. The maximum Gasteiger partial charge on any atom is 0.252 e. The molecule has 2 amide bonds. The fraction of sp³-hybridized carbons (Fsp3) is 0.600. The van der Waals surface area contributed by atoms with E-state index in [1.54, 1.807) is 0 Å². The number of hydrogen-bond acceptors (Lipinski definition) is 4. The number of unbranched alkanes of at least 4 members (excludes halogenated alkanes) is 1. The number of carbonyl (C=O) groups excluding carboxylic acids is 2. The van der Waals surface area contributed by atoms with Crippen LogP contribution in [0, 0.1) is 5.92 Å². The van der Waals surface area contributed by atoms with Crippen molar-refractivity contribution in [2.24, 2.45) is 5.92 Å². The highest BCUT2D eigenvalue weighted by Crippen LogP contribution is 2.38. The second-order valence-electron chi connectivity index (χ2n) is 7.18. The van der Waals surface area contributed by atoms with Gasteiger partial charge in [-0.2, -0.15) is 0 Å². The number of ether oxygens (including phenoxy) is 1. The van der Waals surface area contributed by atoms with Crippen LogP contribution in [0.4, 0.5) is 0 Å². The van der Waals surface area contributed by atoms with Gasteiger partial charge in [0.2, 0.25) is 5.91 Å². The van der Waals surface area contributed by atoms with Crippen LogP contribution in [0.5, 0.6) is 0 Å². The molecule has 1 aliphatic heterocycles. The van der Waals surface area contributed by atoms with E-state index in [2.05, 4.69) is 16.0 Å². The van der Waals surface area contributed by atoms with E-state index in [-0.39, 0.29) is 17.9 Å². The molecule has 1 aliphatic rings. The molecule has 6 nitrogen and oxygen atoms in total. The molecule has 1 aromatic carbocycles. The monoisotopic (exact) mass is 361 g/mol. The summed E-state index contributed by atoms with van der Waals surface area (Å²) in [4.78, 5) is 24.9. The van der Waals surface area contributed by atoms with Crippen molar-refractivity contribution in [2.75, 3.05) is 20.1 Å². The summed E-state index contributed by atoms with van der Waals surface area (Å²) in [5.41, 5.74) is 0.988. The highest BCUT2D eigenvalue weighted by Gasteiger charge is 2.46. The summed E-state index contributed by atoms with van der Waals surface area (Å²) in [7, 11) is 1.91. The van der Waals surface area contributed by atoms with Crippen molar-refractivity contribution in [3.63, 3.8) is 0 Å². The van der Waals surface area contributed by atoms with Crippen LogP contribution in [0.3, 0.4) is 0 Å². The van der Waals surface area contributed by atoms with E-state index in [0.29, 0.717) is 18.9 Å². The Morgan fingerprint density at radius 3 is 2.46 bits per heavy atom. The molecule has 0 radical (unpaired) electrons. The van der Waals surface area contributed by atoms with Gasteiger partial charge in [-0.3, -0.25) is 9.59 Å². The van der Waals surface area contributed by atoms with Crippen LogP contribution in [0.25, 0.3) is 0 Å². The zero-order valence-corrected chi connectivity index (χ0v) is 16.0. The Morgan fingerprint density at radius 2 is 1.81 bits per heavy atom. The molecule has 3 atom stereocenters. The average molecular weight is 361 g/mol. The zero-order valence-electron chi connectivity index (χ0n) is 16.0. The third kappa shape index (κ3) is 6.42. The second-order valence-corrected chi connectivity index (χ2v) is 7.18. The number of rotatable bonds is 11. The minimum absolute atomic E-state index is 0.117. The lowest BCUT2D eigenvalue weighted by Crippen LogP contribution is -2.49. The van der Waals surface area contributed by atoms with Crippen molar-refractivity contribution in [1.82, 2.24) is 16.0 Å². The van der Waals surface area contributed by atoms with Gasteiger partial charge in [-0.25, -0.2) is 0 Å². The summed E-state index contributed by atoms with van der Waals surface area (Å²) < 4.78 is 5.53. The highest BCUT2D eigenvalue weighted by molar-refractivity contribution is 5.90. The molecule has 6 heteroatoms. The van der Waals surface area contributed by atoms with E-state index in [4.69, 9.17) is 4.74 Å². The smallest absolute Gasteiger partial charge is 0.252 e. The van der Waals surface area contributed by atoms with Gasteiger partial charge in [-0.15, -0.1) is 0 Å². The molecule has 0 saturated carbocycles. The van der Waals surface area contributed by atoms with Crippen molar-refractivity contribution < 1.29 is 14.3 Å². The topological polar surface area (TPSA) is 82.8 Å². The van der Waals surface area contributed by atoms with Gasteiger partial charge >= 0.3 is 0 Å². The van der Waals surface area contributed by atoms with Gasteiger partial charge in [-0.05, 0) is 44.3 Å². The summed E-state index contributed by atoms with van der Waals surface area (Å²) in [5.74, 6) is -0.0244. The summed E-state index contributed by atoms with van der Waals surface area (Å²) in [6.45, 7) is 5.64.